The van der Waals surface area contributed by atoms with E-state index in [-0.39, 0.29) is 6.71 Å². The van der Waals surface area contributed by atoms with Crippen LogP contribution < -0.4 is 52.1 Å². The highest BCUT2D eigenvalue weighted by Crippen LogP contribution is 2.56. The molecule has 0 unspecified atom stereocenters. The molecule has 0 spiro atoms. The van der Waals surface area contributed by atoms with Gasteiger partial charge in [0.1, 0.15) is 34.2 Å². The highest BCUT2D eigenvalue weighted by Gasteiger charge is 2.52. The summed E-state index contributed by atoms with van der Waals surface area (Å²) in [5.41, 5.74) is 31.6. The second kappa shape index (κ2) is 23.7. The minimum atomic E-state index is -0.432. The van der Waals surface area contributed by atoms with Crippen molar-refractivity contribution in [2.45, 2.75) is 0 Å². The first kappa shape index (κ1) is 58.6. The van der Waals surface area contributed by atoms with Crippen molar-refractivity contribution in [3.8, 4) is 112 Å². The fourth-order valence-corrected chi connectivity index (χ4v) is 17.1. The van der Waals surface area contributed by atoms with E-state index >= 15 is 0 Å². The van der Waals surface area contributed by atoms with Crippen LogP contribution in [0, 0.1) is 0 Å². The summed E-state index contributed by atoms with van der Waals surface area (Å²) in [5.74, 6) is 3.05. The minimum Gasteiger partial charge on any atom is -0.459 e. The smallest absolute Gasteiger partial charge is 0.260 e. The van der Waals surface area contributed by atoms with E-state index in [1.165, 1.54) is 0 Å². The summed E-state index contributed by atoms with van der Waals surface area (Å²) in [6.07, 6.45) is 0. The molecule has 0 N–H and O–H groups in total. The van der Waals surface area contributed by atoms with Gasteiger partial charge in [-0.1, -0.05) is 328 Å². The standard InChI is InChI=1S/C96H60B2N2O3/c1-9-29-61(30-10-1)69-52-54-86-79(55-69)97-80-59-77(68-43-23-8-24-44-68)94-88(76-45-25-26-50-85(76)101-94)95(80)103-87-60-84-90(96(102-86)91(87)97)98-78-53-51-70(62-31-11-2-12-32-62)56-81(78)99(92-72(64-35-15-4-16-36-64)46-27-47-73(92)65-37-17-5-18-38-65)82-57-71(63-33-13-3-14-34-63)58-83(89(82)98)100(84)93-74(66-39-19-6-20-40-66)48-28-49-75(93)67-41-21-7-22-42-67/h1-60H. The molecule has 4 aliphatic rings. The zero-order chi connectivity index (χ0) is 67.6. The van der Waals surface area contributed by atoms with Crippen LogP contribution in [-0.4, -0.2) is 13.4 Å². The number of benzene rings is 16. The van der Waals surface area contributed by atoms with Gasteiger partial charge in [-0.2, -0.15) is 0 Å². The van der Waals surface area contributed by atoms with E-state index in [9.17, 15) is 0 Å². The normalized spacial score (nSPS) is 12.7. The van der Waals surface area contributed by atoms with Crippen molar-refractivity contribution in [2.75, 3.05) is 9.80 Å². The Labute approximate surface area is 598 Å². The second-order valence-corrected chi connectivity index (χ2v) is 27.2. The molecule has 5 nitrogen and oxygen atoms in total. The lowest BCUT2D eigenvalue weighted by atomic mass is 9.30. The number of hydrogen-bond donors (Lipinski definition) is 0. The van der Waals surface area contributed by atoms with Crippen molar-refractivity contribution in [3.63, 3.8) is 0 Å². The summed E-state index contributed by atoms with van der Waals surface area (Å²) in [7, 11) is 0. The minimum absolute atomic E-state index is 0.385. The summed E-state index contributed by atoms with van der Waals surface area (Å²) in [4.78, 5) is 5.24. The molecular weight excluding hydrogens is 1250 g/mol. The molecule has 7 heteroatoms. The van der Waals surface area contributed by atoms with E-state index in [4.69, 9.17) is 13.9 Å². The maximum atomic E-state index is 8.14. The van der Waals surface area contributed by atoms with Gasteiger partial charge in [0.05, 0.1) is 16.8 Å². The molecule has 16 aromatic carbocycles. The Balaban J connectivity index is 0.949. The number of hydrogen-bond acceptors (Lipinski definition) is 5. The second-order valence-electron chi connectivity index (χ2n) is 27.2. The number of rotatable bonds is 10. The molecule has 103 heavy (non-hydrogen) atoms. The summed E-state index contributed by atoms with van der Waals surface area (Å²) >= 11 is 0. The van der Waals surface area contributed by atoms with Crippen LogP contribution in [0.4, 0.5) is 34.1 Å². The van der Waals surface area contributed by atoms with Crippen LogP contribution in [-0.2, 0) is 0 Å². The fourth-order valence-electron chi connectivity index (χ4n) is 17.1. The Morgan fingerprint density at radius 3 is 1.16 bits per heavy atom. The number of nitrogens with zero attached hydrogens (tertiary/aromatic N) is 2. The highest BCUT2D eigenvalue weighted by atomic mass is 16.5. The van der Waals surface area contributed by atoms with Gasteiger partial charge in [-0.15, -0.1) is 0 Å². The molecule has 0 fully saturated rings. The number of para-hydroxylation sites is 3. The molecule has 5 heterocycles. The van der Waals surface area contributed by atoms with Gasteiger partial charge in [0.25, 0.3) is 13.4 Å². The quantitative estimate of drug-likeness (QED) is 0.128. The van der Waals surface area contributed by atoms with E-state index in [0.717, 1.165) is 195 Å². The maximum Gasteiger partial charge on any atom is 0.260 e. The van der Waals surface area contributed by atoms with Crippen molar-refractivity contribution in [1.29, 1.82) is 0 Å². The average molecular weight is 1310 g/mol. The molecule has 0 bridgehead atoms. The van der Waals surface area contributed by atoms with E-state index < -0.39 is 6.71 Å². The first-order chi connectivity index (χ1) is 51.1. The van der Waals surface area contributed by atoms with Crippen LogP contribution in [0.5, 0.6) is 23.0 Å². The zero-order valence-electron chi connectivity index (χ0n) is 55.9. The predicted octanol–water partition coefficient (Wildman–Crippen LogP) is 21.7. The maximum absolute atomic E-state index is 8.14. The summed E-state index contributed by atoms with van der Waals surface area (Å²) in [5, 5.41) is 1.92. The SMILES string of the molecule is c1ccc(-c2ccc3c(c2)B2c4cc(-c5ccccc5)c5oc6ccccc6c5c4Oc4cc5c(c(c42)O3)B2c3ccc(-c4ccccc4)cc3N(c3c(-c4ccccc4)cccc3-c3ccccc3)c3cc(-c4ccccc4)cc(c32)N5c2c(-c3ccccc3)cccc2-c2ccccc2)cc1. The number of anilines is 6. The average Bonchev–Trinajstić information content (AvgIpc) is 1.01. The van der Waals surface area contributed by atoms with Crippen molar-refractivity contribution in [1.82, 2.24) is 0 Å². The molecule has 21 rings (SSSR count). The lowest BCUT2D eigenvalue weighted by Gasteiger charge is -2.47. The number of fused-ring (bicyclic) bond motifs is 13. The molecular formula is C96H60B2N2O3. The van der Waals surface area contributed by atoms with E-state index in [0.29, 0.717) is 5.75 Å². The third-order valence-corrected chi connectivity index (χ3v) is 21.6. The predicted molar refractivity (Wildman–Crippen MR) is 429 cm³/mol. The lowest BCUT2D eigenvalue weighted by Crippen LogP contribution is -2.65. The van der Waals surface area contributed by atoms with Crippen molar-refractivity contribution >= 4 is 102 Å². The van der Waals surface area contributed by atoms with Gasteiger partial charge >= 0.3 is 0 Å². The Morgan fingerprint density at radius 1 is 0.233 bits per heavy atom. The molecule has 0 amide bonds. The Morgan fingerprint density at radius 2 is 0.641 bits per heavy atom. The van der Waals surface area contributed by atoms with Gasteiger partial charge in [0.2, 0.25) is 0 Å². The first-order valence-corrected chi connectivity index (χ1v) is 35.4. The highest BCUT2D eigenvalue weighted by molar-refractivity contribution is 7.03. The largest absolute Gasteiger partial charge is 0.459 e. The first-order valence-electron chi connectivity index (χ1n) is 35.4. The van der Waals surface area contributed by atoms with Crippen LogP contribution in [0.15, 0.2) is 368 Å². The van der Waals surface area contributed by atoms with Gasteiger partial charge in [-0.25, -0.2) is 0 Å². The van der Waals surface area contributed by atoms with E-state index in [1.807, 2.05) is 0 Å². The molecule has 0 saturated heterocycles. The molecule has 0 radical (unpaired) electrons. The van der Waals surface area contributed by atoms with Crippen molar-refractivity contribution in [2.24, 2.45) is 0 Å². The Kier molecular flexibility index (Phi) is 13.5. The van der Waals surface area contributed by atoms with Gasteiger partial charge in [-0.05, 0) is 119 Å². The topological polar surface area (TPSA) is 38.1 Å². The van der Waals surface area contributed by atoms with Crippen LogP contribution in [0.25, 0.3) is 111 Å². The van der Waals surface area contributed by atoms with Crippen LogP contribution in [0.3, 0.4) is 0 Å². The van der Waals surface area contributed by atoms with Gasteiger partial charge in [-0.3, -0.25) is 0 Å². The third kappa shape index (κ3) is 9.29. The summed E-state index contributed by atoms with van der Waals surface area (Å²) < 4.78 is 23.3. The molecule has 0 atom stereocenters. The lowest BCUT2D eigenvalue weighted by molar-refractivity contribution is 0.469. The van der Waals surface area contributed by atoms with Crippen LogP contribution in [0.1, 0.15) is 0 Å². The molecule has 1 aromatic heterocycles. The Bertz CT molecular complexity index is 6120. The van der Waals surface area contributed by atoms with Crippen LogP contribution >= 0.6 is 0 Å². The monoisotopic (exact) mass is 1310 g/mol. The number of ether oxygens (including phenoxy) is 2. The Hall–Kier alpha value is -13.4. The van der Waals surface area contributed by atoms with E-state index in [2.05, 4.69) is 374 Å². The molecule has 0 aliphatic carbocycles. The van der Waals surface area contributed by atoms with Crippen molar-refractivity contribution in [3.05, 3.63) is 364 Å². The van der Waals surface area contributed by atoms with Gasteiger partial charge in [0, 0.05) is 67.5 Å². The molecule has 4 aliphatic heterocycles. The third-order valence-electron chi connectivity index (χ3n) is 21.6. The summed E-state index contributed by atoms with van der Waals surface area (Å²) in [6.45, 7) is -0.817. The summed E-state index contributed by atoms with van der Waals surface area (Å²) in [6, 6.07) is 133. The fraction of sp³-hybridized carbons (Fsp3) is 0. The van der Waals surface area contributed by atoms with E-state index in [1.54, 1.807) is 0 Å². The van der Waals surface area contributed by atoms with Crippen molar-refractivity contribution < 1.29 is 13.9 Å². The molecule has 17 aromatic rings. The van der Waals surface area contributed by atoms with Gasteiger partial charge in [0.15, 0.2) is 0 Å². The molecule has 478 valence electrons. The zero-order valence-corrected chi connectivity index (χ0v) is 55.9. The van der Waals surface area contributed by atoms with Crippen LogP contribution in [0.2, 0.25) is 0 Å². The number of furan rings is 1. The van der Waals surface area contributed by atoms with Gasteiger partial charge < -0.3 is 23.7 Å². The molecule has 0 saturated carbocycles.